The number of anilines is 1. The molecule has 0 saturated heterocycles. The number of terminal acetylenes is 1. The van der Waals surface area contributed by atoms with Crippen LogP contribution in [0.4, 0.5) is 9.93 Å². The third kappa shape index (κ3) is 3.45. The number of rotatable bonds is 4. The summed E-state index contributed by atoms with van der Waals surface area (Å²) >= 11 is 0. The van der Waals surface area contributed by atoms with Crippen molar-refractivity contribution in [2.24, 2.45) is 0 Å². The average Bonchev–Trinajstić information content (AvgIpc) is 2.42. The number of nitrogens with one attached hydrogen (secondary N) is 1. The Morgan fingerprint density at radius 1 is 1.30 bits per heavy atom. The van der Waals surface area contributed by atoms with Gasteiger partial charge < -0.3 is 14.1 Å². The van der Waals surface area contributed by atoms with Gasteiger partial charge in [0.15, 0.2) is 0 Å². The Balaban J connectivity index is 3.63. The Hall–Kier alpha value is -1.74. The maximum absolute atomic E-state index is 16.4. The molecular weight excluding hydrogens is 311 g/mol. The van der Waals surface area contributed by atoms with Crippen molar-refractivity contribution in [3.8, 4) is 18.1 Å². The molecule has 0 saturated carbocycles. The van der Waals surface area contributed by atoms with Crippen molar-refractivity contribution in [2.45, 2.75) is 51.6 Å². The number of pyridine rings is 1. The lowest BCUT2D eigenvalue weighted by atomic mass is 10.2. The molecule has 0 spiro atoms. The smallest absolute Gasteiger partial charge is 0.295 e. The van der Waals surface area contributed by atoms with Crippen LogP contribution in [0, 0.1) is 17.6 Å². The highest BCUT2D eigenvalue weighted by Crippen LogP contribution is 2.52. The normalized spacial score (nSPS) is 12.7. The first-order valence-electron chi connectivity index (χ1n) is 7.58. The van der Waals surface area contributed by atoms with Crippen molar-refractivity contribution < 1.29 is 13.6 Å². The van der Waals surface area contributed by atoms with Crippen LogP contribution in [0.1, 0.15) is 41.5 Å². The van der Waals surface area contributed by atoms with Crippen LogP contribution in [0.25, 0.3) is 0 Å². The first-order chi connectivity index (χ1) is 10.4. The summed E-state index contributed by atoms with van der Waals surface area (Å²) in [6.45, 7) is 11.5. The van der Waals surface area contributed by atoms with Crippen molar-refractivity contribution in [1.29, 1.82) is 0 Å². The second-order valence-corrected chi connectivity index (χ2v) is 12.5. The minimum atomic E-state index is -3.59. The largest absolute Gasteiger partial charge is 0.711 e. The van der Waals surface area contributed by atoms with Gasteiger partial charge in [-0.1, -0.05) is 47.5 Å². The zero-order valence-corrected chi connectivity index (χ0v) is 16.1. The Labute approximate surface area is 139 Å². The molecule has 1 aromatic heterocycles. The van der Waals surface area contributed by atoms with Gasteiger partial charge in [-0.15, -0.1) is 6.42 Å². The minimum absolute atomic E-state index is 0.210. The molecule has 0 amide bonds. The van der Waals surface area contributed by atoms with E-state index in [-0.39, 0.29) is 12.4 Å². The fraction of sp³-hybridized carbons (Fsp3) is 0.588. The molecule has 0 fully saturated rings. The summed E-state index contributed by atoms with van der Waals surface area (Å²) in [4.78, 5) is 0. The SMILES string of the molecule is C#CCNc1cc(OC)c([Si](F)(C(C)(C)C)C(C)(C)C)c[n+]1[O-]. The van der Waals surface area contributed by atoms with E-state index in [0.29, 0.717) is 15.7 Å². The molecule has 1 heterocycles. The molecule has 0 unspecified atom stereocenters. The summed E-state index contributed by atoms with van der Waals surface area (Å²) in [5.74, 6) is 3.04. The van der Waals surface area contributed by atoms with Gasteiger partial charge >= 0.3 is 0 Å². The summed E-state index contributed by atoms with van der Waals surface area (Å²) in [5.41, 5.74) is 0. The van der Waals surface area contributed by atoms with Gasteiger partial charge in [0.25, 0.3) is 14.2 Å². The number of nitrogens with zero attached hydrogens (tertiary/aromatic N) is 1. The maximum Gasteiger partial charge on any atom is 0.295 e. The van der Waals surface area contributed by atoms with E-state index in [4.69, 9.17) is 11.2 Å². The molecule has 0 aromatic carbocycles. The van der Waals surface area contributed by atoms with Crippen LogP contribution in [0.15, 0.2) is 12.3 Å². The van der Waals surface area contributed by atoms with Gasteiger partial charge in [-0.3, -0.25) is 5.32 Å². The molecule has 1 rings (SSSR count). The van der Waals surface area contributed by atoms with Crippen LogP contribution >= 0.6 is 0 Å². The number of aromatic nitrogens is 1. The van der Waals surface area contributed by atoms with Crippen molar-refractivity contribution >= 4 is 19.4 Å². The highest BCUT2D eigenvalue weighted by atomic mass is 28.4. The topological polar surface area (TPSA) is 48.2 Å². The fourth-order valence-electron chi connectivity index (χ4n) is 3.15. The van der Waals surface area contributed by atoms with E-state index in [2.05, 4.69) is 11.2 Å². The molecular formula is C17H27FN2O2Si. The lowest BCUT2D eigenvalue weighted by molar-refractivity contribution is -0.589. The Kier molecular flexibility index (Phi) is 5.37. The van der Waals surface area contributed by atoms with E-state index in [1.165, 1.54) is 19.4 Å². The number of hydrogen-bond donors (Lipinski definition) is 1. The lowest BCUT2D eigenvalue weighted by Gasteiger charge is -2.44. The number of ether oxygens (including phenoxy) is 1. The second kappa shape index (κ2) is 6.40. The third-order valence-electron chi connectivity index (χ3n) is 4.05. The summed E-state index contributed by atoms with van der Waals surface area (Å²) in [6.07, 6.45) is 6.51. The Bertz CT molecular complexity index is 599. The molecule has 0 atom stereocenters. The molecule has 0 aliphatic heterocycles. The molecule has 1 aromatic rings. The van der Waals surface area contributed by atoms with Crippen LogP contribution in [0.5, 0.6) is 5.75 Å². The molecule has 0 radical (unpaired) electrons. The predicted octanol–water partition coefficient (Wildman–Crippen LogP) is 3.10. The average molecular weight is 338 g/mol. The number of methoxy groups -OCH3 is 1. The van der Waals surface area contributed by atoms with E-state index in [1.54, 1.807) is 0 Å². The van der Waals surface area contributed by atoms with Gasteiger partial charge in [-0.2, -0.15) is 0 Å². The highest BCUT2D eigenvalue weighted by molar-refractivity contribution is 6.91. The number of hydrogen-bond acceptors (Lipinski definition) is 3. The molecule has 0 aliphatic rings. The van der Waals surface area contributed by atoms with E-state index >= 15 is 4.11 Å². The summed E-state index contributed by atoms with van der Waals surface area (Å²) < 4.78 is 22.4. The van der Waals surface area contributed by atoms with Crippen molar-refractivity contribution in [3.63, 3.8) is 0 Å². The monoisotopic (exact) mass is 338 g/mol. The van der Waals surface area contributed by atoms with Gasteiger partial charge in [0.05, 0.1) is 24.6 Å². The number of halogens is 1. The molecule has 1 N–H and O–H groups in total. The summed E-state index contributed by atoms with van der Waals surface area (Å²) in [7, 11) is -2.11. The molecule has 4 nitrogen and oxygen atoms in total. The second-order valence-electron chi connectivity index (χ2n) is 7.68. The van der Waals surface area contributed by atoms with Crippen LogP contribution in [0.3, 0.4) is 0 Å². The first-order valence-corrected chi connectivity index (χ1v) is 9.46. The van der Waals surface area contributed by atoms with Gasteiger partial charge in [-0.05, 0) is 10.1 Å². The fourth-order valence-corrected chi connectivity index (χ4v) is 7.82. The van der Waals surface area contributed by atoms with E-state index in [1.807, 2.05) is 41.5 Å². The van der Waals surface area contributed by atoms with E-state index < -0.39 is 18.5 Å². The first kappa shape index (κ1) is 19.3. The molecule has 23 heavy (non-hydrogen) atoms. The van der Waals surface area contributed by atoms with Gasteiger partial charge in [0.2, 0.25) is 0 Å². The standard InChI is InChI=1S/C17H27FN2O2Si/c1-9-10-19-15-11-13(22-8)14(12-20(15)21)23(18,16(2,3)4)17(5,6)7/h1,11-12,19H,10H2,2-8H3. The van der Waals surface area contributed by atoms with Gasteiger partial charge in [0, 0.05) is 0 Å². The van der Waals surface area contributed by atoms with Crippen molar-refractivity contribution in [2.75, 3.05) is 19.0 Å². The Morgan fingerprint density at radius 2 is 1.83 bits per heavy atom. The molecule has 0 bridgehead atoms. The lowest BCUT2D eigenvalue weighted by Crippen LogP contribution is -2.60. The van der Waals surface area contributed by atoms with Crippen LogP contribution in [-0.2, 0) is 0 Å². The molecule has 128 valence electrons. The summed E-state index contributed by atoms with van der Waals surface area (Å²) in [5, 5.41) is 14.3. The van der Waals surface area contributed by atoms with Gasteiger partial charge in [0.1, 0.15) is 12.3 Å². The quantitative estimate of drug-likeness (QED) is 0.302. The van der Waals surface area contributed by atoms with E-state index in [9.17, 15) is 5.21 Å². The highest BCUT2D eigenvalue weighted by Gasteiger charge is 2.58. The Morgan fingerprint density at radius 3 is 2.22 bits per heavy atom. The third-order valence-corrected chi connectivity index (χ3v) is 9.30. The van der Waals surface area contributed by atoms with Gasteiger partial charge in [-0.25, -0.2) is 4.73 Å². The van der Waals surface area contributed by atoms with E-state index in [0.717, 1.165) is 0 Å². The van der Waals surface area contributed by atoms with Crippen LogP contribution in [0.2, 0.25) is 10.1 Å². The van der Waals surface area contributed by atoms with Crippen LogP contribution < -0.4 is 20.0 Å². The maximum atomic E-state index is 16.4. The summed E-state index contributed by atoms with van der Waals surface area (Å²) in [6, 6.07) is 1.53. The zero-order valence-electron chi connectivity index (χ0n) is 15.1. The van der Waals surface area contributed by atoms with Crippen LogP contribution in [-0.4, -0.2) is 22.1 Å². The molecule has 0 aliphatic carbocycles. The zero-order chi connectivity index (χ0) is 18.1. The predicted molar refractivity (Wildman–Crippen MR) is 95.2 cm³/mol. The molecule has 6 heteroatoms. The minimum Gasteiger partial charge on any atom is -0.711 e. The van der Waals surface area contributed by atoms with Crippen molar-refractivity contribution in [3.05, 3.63) is 17.5 Å². The van der Waals surface area contributed by atoms with Crippen molar-refractivity contribution in [1.82, 2.24) is 0 Å².